The summed E-state index contributed by atoms with van der Waals surface area (Å²) in [5.74, 6) is 1.11. The van der Waals surface area contributed by atoms with Crippen LogP contribution in [0.25, 0.3) is 0 Å². The van der Waals surface area contributed by atoms with Gasteiger partial charge in [0.1, 0.15) is 17.2 Å². The molecule has 3 nitrogen and oxygen atoms in total. The first-order valence-electron chi connectivity index (χ1n) is 10.2. The quantitative estimate of drug-likeness (QED) is 0.697. The number of nitrogens with zero attached hydrogens (tertiary/aromatic N) is 1. The molecule has 2 saturated heterocycles. The van der Waals surface area contributed by atoms with E-state index in [4.69, 9.17) is 4.74 Å². The van der Waals surface area contributed by atoms with Gasteiger partial charge in [-0.2, -0.15) is 0 Å². The highest BCUT2D eigenvalue weighted by molar-refractivity contribution is 5.95. The van der Waals surface area contributed by atoms with E-state index in [1.165, 1.54) is 17.7 Å². The highest BCUT2D eigenvalue weighted by Gasteiger charge is 2.43. The topological polar surface area (TPSA) is 29.5 Å². The molecular formula is C24H28FNO2. The van der Waals surface area contributed by atoms with Gasteiger partial charge in [-0.3, -0.25) is 4.79 Å². The molecule has 2 aromatic rings. The molecule has 2 aromatic carbocycles. The first kappa shape index (κ1) is 19.0. The summed E-state index contributed by atoms with van der Waals surface area (Å²) in [6, 6.07) is 14.9. The van der Waals surface area contributed by atoms with Crippen LogP contribution in [0.5, 0.6) is 5.75 Å². The number of ether oxygens (including phenoxy) is 1. The molecule has 4 rings (SSSR count). The van der Waals surface area contributed by atoms with Crippen LogP contribution in [-0.2, 0) is 0 Å². The van der Waals surface area contributed by atoms with Gasteiger partial charge in [0.25, 0.3) is 5.91 Å². The predicted molar refractivity (Wildman–Crippen MR) is 108 cm³/mol. The Bertz CT molecular complexity index is 824. The van der Waals surface area contributed by atoms with E-state index >= 15 is 0 Å². The van der Waals surface area contributed by atoms with E-state index in [1.54, 1.807) is 0 Å². The van der Waals surface area contributed by atoms with Crippen LogP contribution in [0.3, 0.4) is 0 Å². The monoisotopic (exact) mass is 381 g/mol. The number of benzene rings is 2. The molecule has 0 N–H and O–H groups in total. The van der Waals surface area contributed by atoms with E-state index in [9.17, 15) is 9.18 Å². The molecule has 2 fully saturated rings. The molecule has 0 saturated carbocycles. The molecule has 0 aliphatic carbocycles. The maximum atomic E-state index is 13.2. The normalized spacial score (nSPS) is 24.3. The zero-order valence-electron chi connectivity index (χ0n) is 16.8. The van der Waals surface area contributed by atoms with Crippen LogP contribution in [0.15, 0.2) is 48.5 Å². The van der Waals surface area contributed by atoms with Crippen molar-refractivity contribution < 1.29 is 13.9 Å². The largest absolute Gasteiger partial charge is 0.488 e. The number of halogens is 1. The fraction of sp³-hybridized carbons (Fsp3) is 0.458. The first-order chi connectivity index (χ1) is 13.3. The van der Waals surface area contributed by atoms with Crippen LogP contribution in [0.4, 0.5) is 4.39 Å². The molecule has 2 bridgehead atoms. The van der Waals surface area contributed by atoms with Crippen molar-refractivity contribution in [3.8, 4) is 5.75 Å². The van der Waals surface area contributed by atoms with Crippen molar-refractivity contribution in [3.05, 3.63) is 65.5 Å². The average Bonchev–Trinajstić information content (AvgIpc) is 2.90. The number of hydrogen-bond donors (Lipinski definition) is 0. The number of carbonyl (C=O) groups is 1. The molecule has 2 heterocycles. The molecule has 148 valence electrons. The minimum atomic E-state index is -0.257. The lowest BCUT2D eigenvalue weighted by Gasteiger charge is -2.39. The van der Waals surface area contributed by atoms with Gasteiger partial charge in [-0.15, -0.1) is 0 Å². The summed E-state index contributed by atoms with van der Waals surface area (Å²) < 4.78 is 19.1. The summed E-state index contributed by atoms with van der Waals surface area (Å²) in [4.78, 5) is 15.3. The molecular weight excluding hydrogens is 353 g/mol. The Hall–Kier alpha value is -2.36. The fourth-order valence-corrected chi connectivity index (χ4v) is 4.68. The zero-order valence-corrected chi connectivity index (χ0v) is 16.8. The first-order valence-corrected chi connectivity index (χ1v) is 10.2. The average molecular weight is 381 g/mol. The van der Waals surface area contributed by atoms with Crippen LogP contribution in [0.2, 0.25) is 0 Å². The van der Waals surface area contributed by atoms with Crippen molar-refractivity contribution in [1.29, 1.82) is 0 Å². The van der Waals surface area contributed by atoms with Gasteiger partial charge in [-0.25, -0.2) is 4.39 Å². The zero-order chi connectivity index (χ0) is 19.9. The maximum Gasteiger partial charge on any atom is 0.254 e. The molecule has 2 unspecified atom stereocenters. The third kappa shape index (κ3) is 3.91. The summed E-state index contributed by atoms with van der Waals surface area (Å²) in [6.45, 7) is 6.03. The van der Waals surface area contributed by atoms with Crippen molar-refractivity contribution in [2.75, 3.05) is 0 Å². The number of fused-ring (bicyclic) bond motifs is 2. The number of rotatable bonds is 3. The summed E-state index contributed by atoms with van der Waals surface area (Å²) >= 11 is 0. The van der Waals surface area contributed by atoms with Crippen molar-refractivity contribution in [2.24, 2.45) is 0 Å². The molecule has 28 heavy (non-hydrogen) atoms. The molecule has 0 aromatic heterocycles. The van der Waals surface area contributed by atoms with E-state index in [0.29, 0.717) is 5.92 Å². The second-order valence-electron chi connectivity index (χ2n) is 9.06. The van der Waals surface area contributed by atoms with Crippen LogP contribution < -0.4 is 4.74 Å². The molecule has 2 atom stereocenters. The Balaban J connectivity index is 1.47. The summed E-state index contributed by atoms with van der Waals surface area (Å²) in [6.07, 6.45) is 4.02. The third-order valence-electron chi connectivity index (χ3n) is 5.83. The molecule has 1 amide bonds. The highest BCUT2D eigenvalue weighted by atomic mass is 19.1. The lowest BCUT2D eigenvalue weighted by Crippen LogP contribution is -2.46. The Kier molecular flexibility index (Phi) is 4.90. The standard InChI is InChI=1S/C24H28FNO2/c1-24(2,3)28-22-12-6-17(7-13-22)23(27)26-20-10-11-21(26)15-18(14-20)16-4-8-19(25)9-5-16/h4-9,12-13,18,20-21H,10-11,14-15H2,1-3H3. The van der Waals surface area contributed by atoms with Crippen molar-refractivity contribution in [3.63, 3.8) is 0 Å². The van der Waals surface area contributed by atoms with Gasteiger partial charge < -0.3 is 9.64 Å². The Morgan fingerprint density at radius 1 is 0.964 bits per heavy atom. The Morgan fingerprint density at radius 3 is 2.07 bits per heavy atom. The van der Waals surface area contributed by atoms with E-state index < -0.39 is 0 Å². The Morgan fingerprint density at radius 2 is 1.54 bits per heavy atom. The summed E-state index contributed by atoms with van der Waals surface area (Å²) in [5, 5.41) is 0. The van der Waals surface area contributed by atoms with Gasteiger partial charge in [0.05, 0.1) is 0 Å². The van der Waals surface area contributed by atoms with Gasteiger partial charge in [-0.05, 0) is 94.3 Å². The van der Waals surface area contributed by atoms with Crippen molar-refractivity contribution >= 4 is 5.91 Å². The van der Waals surface area contributed by atoms with E-state index in [0.717, 1.165) is 37.0 Å². The number of amides is 1. The number of piperidine rings is 1. The van der Waals surface area contributed by atoms with Gasteiger partial charge in [0.2, 0.25) is 0 Å². The fourth-order valence-electron chi connectivity index (χ4n) is 4.68. The van der Waals surface area contributed by atoms with Crippen molar-refractivity contribution in [1.82, 2.24) is 4.90 Å². The highest BCUT2D eigenvalue weighted by Crippen LogP contribution is 2.43. The SMILES string of the molecule is CC(C)(C)Oc1ccc(C(=O)N2C3CCC2CC(c2ccc(F)cc2)C3)cc1. The lowest BCUT2D eigenvalue weighted by molar-refractivity contribution is 0.0571. The summed E-state index contributed by atoms with van der Waals surface area (Å²) in [7, 11) is 0. The Labute approximate surface area is 166 Å². The van der Waals surface area contributed by atoms with E-state index in [1.807, 2.05) is 57.2 Å². The lowest BCUT2D eigenvalue weighted by atomic mass is 9.85. The van der Waals surface area contributed by atoms with Crippen molar-refractivity contribution in [2.45, 2.75) is 70.1 Å². The van der Waals surface area contributed by atoms with Crippen LogP contribution >= 0.6 is 0 Å². The third-order valence-corrected chi connectivity index (χ3v) is 5.83. The van der Waals surface area contributed by atoms with Gasteiger partial charge in [0.15, 0.2) is 0 Å². The van der Waals surface area contributed by atoms with Crippen LogP contribution in [0.1, 0.15) is 68.3 Å². The van der Waals surface area contributed by atoms with Crippen LogP contribution in [-0.4, -0.2) is 28.5 Å². The molecule has 0 radical (unpaired) electrons. The minimum absolute atomic E-state index is 0.118. The number of carbonyl (C=O) groups excluding carboxylic acids is 1. The molecule has 2 aliphatic heterocycles. The second kappa shape index (κ2) is 7.23. The smallest absolute Gasteiger partial charge is 0.254 e. The maximum absolute atomic E-state index is 13.2. The van der Waals surface area contributed by atoms with Gasteiger partial charge in [-0.1, -0.05) is 12.1 Å². The predicted octanol–water partition coefficient (Wildman–Crippen LogP) is 5.55. The van der Waals surface area contributed by atoms with E-state index in [-0.39, 0.29) is 29.4 Å². The second-order valence-corrected chi connectivity index (χ2v) is 9.06. The molecule has 0 spiro atoms. The minimum Gasteiger partial charge on any atom is -0.488 e. The summed E-state index contributed by atoms with van der Waals surface area (Å²) in [5.41, 5.74) is 1.65. The number of hydrogen-bond acceptors (Lipinski definition) is 2. The van der Waals surface area contributed by atoms with Gasteiger partial charge >= 0.3 is 0 Å². The van der Waals surface area contributed by atoms with Gasteiger partial charge in [0, 0.05) is 17.6 Å². The van der Waals surface area contributed by atoms with E-state index in [2.05, 4.69) is 4.90 Å². The molecule has 2 aliphatic rings. The molecule has 4 heteroatoms. The van der Waals surface area contributed by atoms with Crippen LogP contribution in [0, 0.1) is 5.82 Å².